The van der Waals surface area contributed by atoms with Crippen LogP contribution in [0.25, 0.3) is 0 Å². The zero-order chi connectivity index (χ0) is 13.0. The van der Waals surface area contributed by atoms with E-state index < -0.39 is 6.09 Å². The first-order chi connectivity index (χ1) is 8.65. The summed E-state index contributed by atoms with van der Waals surface area (Å²) in [6.45, 7) is 0. The molecule has 2 rings (SSSR count). The van der Waals surface area contributed by atoms with Crippen molar-refractivity contribution >= 4 is 6.09 Å². The lowest BCUT2D eigenvalue weighted by atomic mass is 9.93. The van der Waals surface area contributed by atoms with Crippen LogP contribution in [0.2, 0.25) is 0 Å². The highest BCUT2D eigenvalue weighted by Gasteiger charge is 2.25. The first kappa shape index (κ1) is 12.7. The predicted molar refractivity (Wildman–Crippen MR) is 64.2 cm³/mol. The molecule has 1 aliphatic carbocycles. The van der Waals surface area contributed by atoms with E-state index in [1.807, 2.05) is 0 Å². The number of nitrogens with one attached hydrogen (secondary N) is 1. The molecule has 2 N–H and O–H groups in total. The van der Waals surface area contributed by atoms with E-state index in [1.54, 1.807) is 18.2 Å². The molecule has 1 saturated carbocycles. The topological polar surface area (TPSA) is 58.6 Å². The second-order valence-corrected chi connectivity index (χ2v) is 4.48. The molecule has 0 spiro atoms. The van der Waals surface area contributed by atoms with Gasteiger partial charge in [-0.15, -0.1) is 0 Å². The Morgan fingerprint density at radius 1 is 1.39 bits per heavy atom. The summed E-state index contributed by atoms with van der Waals surface area (Å²) in [4.78, 5) is 10.6. The number of carboxylic acid groups (broad SMARTS) is 1. The average molecular weight is 253 g/mol. The van der Waals surface area contributed by atoms with Gasteiger partial charge in [0.2, 0.25) is 0 Å². The van der Waals surface area contributed by atoms with E-state index in [4.69, 9.17) is 9.84 Å². The lowest BCUT2D eigenvalue weighted by molar-refractivity contribution is 0.125. The van der Waals surface area contributed by atoms with Crippen LogP contribution in [0.5, 0.6) is 5.75 Å². The summed E-state index contributed by atoms with van der Waals surface area (Å²) >= 11 is 0. The first-order valence-electron chi connectivity index (χ1n) is 6.06. The van der Waals surface area contributed by atoms with Crippen molar-refractivity contribution in [3.63, 3.8) is 0 Å². The van der Waals surface area contributed by atoms with Crippen LogP contribution in [0.3, 0.4) is 0 Å². The molecule has 1 aliphatic rings. The third-order valence-corrected chi connectivity index (χ3v) is 3.08. The van der Waals surface area contributed by atoms with Crippen LogP contribution >= 0.6 is 0 Å². The molecule has 0 aromatic heterocycles. The summed E-state index contributed by atoms with van der Waals surface area (Å²) in [5, 5.41) is 11.1. The summed E-state index contributed by atoms with van der Waals surface area (Å²) < 4.78 is 19.0. The summed E-state index contributed by atoms with van der Waals surface area (Å²) in [6, 6.07) is 6.16. The molecule has 0 bridgehead atoms. The van der Waals surface area contributed by atoms with Gasteiger partial charge in [0.25, 0.3) is 0 Å². The number of ether oxygens (including phenoxy) is 1. The molecule has 18 heavy (non-hydrogen) atoms. The molecule has 1 aromatic carbocycles. The van der Waals surface area contributed by atoms with Crippen LogP contribution < -0.4 is 10.1 Å². The molecule has 1 aromatic rings. The van der Waals surface area contributed by atoms with Gasteiger partial charge in [-0.1, -0.05) is 12.1 Å². The van der Waals surface area contributed by atoms with Gasteiger partial charge in [-0.2, -0.15) is 0 Å². The van der Waals surface area contributed by atoms with Crippen LogP contribution in [-0.4, -0.2) is 23.3 Å². The van der Waals surface area contributed by atoms with Crippen LogP contribution in [0.15, 0.2) is 24.3 Å². The van der Waals surface area contributed by atoms with Gasteiger partial charge in [-0.25, -0.2) is 9.18 Å². The van der Waals surface area contributed by atoms with Crippen molar-refractivity contribution in [2.24, 2.45) is 0 Å². The molecule has 1 fully saturated rings. The summed E-state index contributed by atoms with van der Waals surface area (Å²) in [7, 11) is 0. The fourth-order valence-corrected chi connectivity index (χ4v) is 2.28. The highest BCUT2D eigenvalue weighted by atomic mass is 19.1. The van der Waals surface area contributed by atoms with Crippen LogP contribution in [0.4, 0.5) is 9.18 Å². The number of carbonyl (C=O) groups is 1. The van der Waals surface area contributed by atoms with Gasteiger partial charge in [-0.05, 0) is 31.4 Å². The van der Waals surface area contributed by atoms with Gasteiger partial charge >= 0.3 is 6.09 Å². The number of rotatable bonds is 3. The smallest absolute Gasteiger partial charge is 0.404 e. The minimum Gasteiger partial charge on any atom is -0.487 e. The van der Waals surface area contributed by atoms with E-state index in [2.05, 4.69) is 5.32 Å². The number of hydrogen-bond donors (Lipinski definition) is 2. The third-order valence-electron chi connectivity index (χ3n) is 3.08. The molecular formula is C13H16FNO3. The monoisotopic (exact) mass is 253 g/mol. The SMILES string of the molecule is O=C(O)NC1CCCC(Oc2ccccc2F)C1. The Kier molecular flexibility index (Phi) is 4.02. The fourth-order valence-electron chi connectivity index (χ4n) is 2.28. The standard InChI is InChI=1S/C13H16FNO3/c14-11-6-1-2-7-12(11)18-10-5-3-4-9(8-10)15-13(16)17/h1-2,6-7,9-10,15H,3-5,8H2,(H,16,17). The maximum Gasteiger partial charge on any atom is 0.404 e. The van der Waals surface area contributed by atoms with E-state index in [0.717, 1.165) is 19.3 Å². The molecule has 5 heteroatoms. The van der Waals surface area contributed by atoms with Crippen molar-refractivity contribution in [2.45, 2.75) is 37.8 Å². The summed E-state index contributed by atoms with van der Waals surface area (Å²) in [5.41, 5.74) is 0. The molecule has 0 aliphatic heterocycles. The maximum absolute atomic E-state index is 13.4. The lowest BCUT2D eigenvalue weighted by Gasteiger charge is -2.29. The lowest BCUT2D eigenvalue weighted by Crippen LogP contribution is -2.40. The minimum absolute atomic E-state index is 0.104. The third kappa shape index (κ3) is 3.35. The van der Waals surface area contributed by atoms with E-state index >= 15 is 0 Å². The number of benzene rings is 1. The van der Waals surface area contributed by atoms with Gasteiger partial charge in [-0.3, -0.25) is 0 Å². The van der Waals surface area contributed by atoms with Gasteiger partial charge in [0.1, 0.15) is 6.10 Å². The molecule has 2 unspecified atom stereocenters. The fraction of sp³-hybridized carbons (Fsp3) is 0.462. The normalized spacial score (nSPS) is 23.4. The van der Waals surface area contributed by atoms with Crippen LogP contribution in [0, 0.1) is 5.82 Å². The van der Waals surface area contributed by atoms with Gasteiger partial charge in [0.15, 0.2) is 11.6 Å². The Morgan fingerprint density at radius 3 is 2.89 bits per heavy atom. The van der Waals surface area contributed by atoms with E-state index in [0.29, 0.717) is 6.42 Å². The number of halogens is 1. The number of para-hydroxylation sites is 1. The molecule has 0 saturated heterocycles. The Bertz CT molecular complexity index is 424. The Morgan fingerprint density at radius 2 is 2.17 bits per heavy atom. The quantitative estimate of drug-likeness (QED) is 0.870. The van der Waals surface area contributed by atoms with E-state index in [-0.39, 0.29) is 23.7 Å². The first-order valence-corrected chi connectivity index (χ1v) is 6.06. The van der Waals surface area contributed by atoms with Crippen molar-refractivity contribution in [2.75, 3.05) is 0 Å². The van der Waals surface area contributed by atoms with E-state index in [9.17, 15) is 9.18 Å². The Balaban J connectivity index is 1.93. The van der Waals surface area contributed by atoms with Gasteiger partial charge in [0, 0.05) is 12.5 Å². The molecule has 0 heterocycles. The number of amides is 1. The van der Waals surface area contributed by atoms with Crippen LogP contribution in [-0.2, 0) is 0 Å². The second-order valence-electron chi connectivity index (χ2n) is 4.48. The molecule has 4 nitrogen and oxygen atoms in total. The predicted octanol–water partition coefficient (Wildman–Crippen LogP) is 2.78. The van der Waals surface area contributed by atoms with Crippen molar-refractivity contribution < 1.29 is 19.0 Å². The Labute approximate surface area is 105 Å². The molecule has 98 valence electrons. The molecule has 1 amide bonds. The van der Waals surface area contributed by atoms with Crippen molar-refractivity contribution in [3.05, 3.63) is 30.1 Å². The largest absolute Gasteiger partial charge is 0.487 e. The second kappa shape index (κ2) is 5.71. The average Bonchev–Trinajstić information content (AvgIpc) is 2.32. The van der Waals surface area contributed by atoms with Crippen LogP contribution in [0.1, 0.15) is 25.7 Å². The zero-order valence-electron chi connectivity index (χ0n) is 9.93. The van der Waals surface area contributed by atoms with Gasteiger partial charge in [0.05, 0.1) is 0 Å². The minimum atomic E-state index is -1.02. The summed E-state index contributed by atoms with van der Waals surface area (Å²) in [5.74, 6) is -0.149. The maximum atomic E-state index is 13.4. The van der Waals surface area contributed by atoms with Gasteiger partial charge < -0.3 is 15.2 Å². The summed E-state index contributed by atoms with van der Waals surface area (Å²) in [6.07, 6.45) is 1.94. The molecular weight excluding hydrogens is 237 g/mol. The molecule has 0 radical (unpaired) electrons. The highest BCUT2D eigenvalue weighted by molar-refractivity contribution is 5.64. The van der Waals surface area contributed by atoms with Crippen molar-refractivity contribution in [1.82, 2.24) is 5.32 Å². The number of hydrogen-bond acceptors (Lipinski definition) is 2. The zero-order valence-corrected chi connectivity index (χ0v) is 9.93. The highest BCUT2D eigenvalue weighted by Crippen LogP contribution is 2.25. The molecule has 2 atom stereocenters. The van der Waals surface area contributed by atoms with Crippen molar-refractivity contribution in [1.29, 1.82) is 0 Å². The van der Waals surface area contributed by atoms with Crippen molar-refractivity contribution in [3.8, 4) is 5.75 Å². The Hall–Kier alpha value is -1.78. The van der Waals surface area contributed by atoms with E-state index in [1.165, 1.54) is 6.07 Å².